The fraction of sp³-hybridized carbons (Fsp3) is 0.526. The van der Waals surface area contributed by atoms with E-state index < -0.39 is 12.1 Å². The Balaban J connectivity index is 2.10. The number of carbonyl (C=O) groups excluding carboxylic acids is 1. The van der Waals surface area contributed by atoms with Crippen LogP contribution in [0.1, 0.15) is 37.7 Å². The predicted molar refractivity (Wildman–Crippen MR) is 106 cm³/mol. The van der Waals surface area contributed by atoms with Gasteiger partial charge in [-0.1, -0.05) is 6.07 Å². The number of esters is 1. The Morgan fingerprint density at radius 1 is 1.46 bits per heavy atom. The number of rotatable bonds is 9. The molecule has 26 heavy (non-hydrogen) atoms. The van der Waals surface area contributed by atoms with Crippen LogP contribution in [-0.4, -0.2) is 52.4 Å². The van der Waals surface area contributed by atoms with E-state index in [0.717, 1.165) is 10.9 Å². The number of thioether (sulfide) groups is 1. The number of carbonyl (C=O) groups is 1. The minimum atomic E-state index is -0.642. The average molecular weight is 381 g/mol. The second-order valence-corrected chi connectivity index (χ2v) is 7.94. The fourth-order valence-electron chi connectivity index (χ4n) is 2.74. The Bertz CT molecular complexity index is 746. The molecule has 0 fully saturated rings. The monoisotopic (exact) mass is 380 g/mol. The third kappa shape index (κ3) is 4.72. The molecule has 0 aliphatic rings. The number of nitrogens with two attached hydrogens (primary N) is 1. The van der Waals surface area contributed by atoms with Crippen molar-refractivity contribution < 1.29 is 19.4 Å². The Labute approximate surface area is 158 Å². The Morgan fingerprint density at radius 2 is 2.19 bits per heavy atom. The maximum absolute atomic E-state index is 11.9. The molecule has 2 rings (SSSR count). The van der Waals surface area contributed by atoms with Gasteiger partial charge >= 0.3 is 5.97 Å². The van der Waals surface area contributed by atoms with Crippen LogP contribution in [-0.2, 0) is 4.74 Å². The molecule has 0 radical (unpaired) electrons. The van der Waals surface area contributed by atoms with Gasteiger partial charge in [0.05, 0.1) is 12.7 Å². The number of ether oxygens (including phenoxy) is 2. The molecule has 1 heterocycles. The summed E-state index contributed by atoms with van der Waals surface area (Å²) in [5.74, 6) is 0.211. The molecule has 7 heteroatoms. The summed E-state index contributed by atoms with van der Waals surface area (Å²) in [6, 6.07) is 7.18. The maximum Gasteiger partial charge on any atom is 0.354 e. The van der Waals surface area contributed by atoms with Crippen molar-refractivity contribution in [1.82, 2.24) is 4.98 Å². The molecule has 0 bridgehead atoms. The van der Waals surface area contributed by atoms with Crippen LogP contribution in [0.25, 0.3) is 10.9 Å². The van der Waals surface area contributed by atoms with Gasteiger partial charge in [0.1, 0.15) is 18.1 Å². The van der Waals surface area contributed by atoms with Crippen molar-refractivity contribution in [2.75, 3.05) is 19.5 Å². The van der Waals surface area contributed by atoms with Gasteiger partial charge in [-0.2, -0.15) is 11.8 Å². The highest BCUT2D eigenvalue weighted by atomic mass is 32.2. The molecule has 1 aromatic carbocycles. The zero-order chi connectivity index (χ0) is 19.3. The molecule has 2 aromatic rings. The topological polar surface area (TPSA) is 97.6 Å². The number of benzene rings is 1. The number of fused-ring (bicyclic) bond motifs is 1. The highest BCUT2D eigenvalue weighted by Gasteiger charge is 2.31. The summed E-state index contributed by atoms with van der Waals surface area (Å²) < 4.78 is 10.6. The molecule has 0 aliphatic heterocycles. The van der Waals surface area contributed by atoms with E-state index in [1.807, 2.05) is 38.3 Å². The number of aliphatic hydroxyl groups is 1. The van der Waals surface area contributed by atoms with Crippen LogP contribution in [0.2, 0.25) is 0 Å². The largest absolute Gasteiger partial charge is 0.490 e. The minimum absolute atomic E-state index is 0.0487. The first kappa shape index (κ1) is 20.6. The Morgan fingerprint density at radius 3 is 2.81 bits per heavy atom. The number of hydrogen-bond donors (Lipinski definition) is 3. The van der Waals surface area contributed by atoms with E-state index in [0.29, 0.717) is 24.5 Å². The molecule has 0 aliphatic carbocycles. The zero-order valence-electron chi connectivity index (χ0n) is 15.7. The summed E-state index contributed by atoms with van der Waals surface area (Å²) in [4.78, 5) is 14.9. The Kier molecular flexibility index (Phi) is 6.97. The van der Waals surface area contributed by atoms with Gasteiger partial charge < -0.3 is 25.3 Å². The first-order chi connectivity index (χ1) is 12.3. The van der Waals surface area contributed by atoms with Crippen LogP contribution in [0.15, 0.2) is 24.3 Å². The van der Waals surface area contributed by atoms with Gasteiger partial charge in [0, 0.05) is 21.7 Å². The molecule has 0 saturated heterocycles. The lowest BCUT2D eigenvalue weighted by Gasteiger charge is -2.33. The highest BCUT2D eigenvalue weighted by molar-refractivity contribution is 8.00. The van der Waals surface area contributed by atoms with Crippen LogP contribution in [0.4, 0.5) is 0 Å². The Hall–Kier alpha value is -1.70. The van der Waals surface area contributed by atoms with E-state index in [-0.39, 0.29) is 17.4 Å². The van der Waals surface area contributed by atoms with Gasteiger partial charge in [0.15, 0.2) is 0 Å². The van der Waals surface area contributed by atoms with Crippen molar-refractivity contribution in [3.8, 4) is 5.75 Å². The molecule has 0 saturated carbocycles. The van der Waals surface area contributed by atoms with Gasteiger partial charge in [-0.05, 0) is 51.6 Å². The lowest BCUT2D eigenvalue weighted by molar-refractivity contribution is 0.0520. The first-order valence-electron chi connectivity index (χ1n) is 8.71. The predicted octanol–water partition coefficient (Wildman–Crippen LogP) is 2.94. The quantitative estimate of drug-likeness (QED) is 0.579. The van der Waals surface area contributed by atoms with Gasteiger partial charge in [-0.25, -0.2) is 4.79 Å². The van der Waals surface area contributed by atoms with Gasteiger partial charge in [-0.3, -0.25) is 0 Å². The molecule has 4 N–H and O–H groups in total. The SMILES string of the molecule is CCOC(=O)c1cc2c(OCC(O)CC(C)(SC)C(C)N)cccc2[nH]1. The summed E-state index contributed by atoms with van der Waals surface area (Å²) in [5.41, 5.74) is 7.21. The van der Waals surface area contributed by atoms with Gasteiger partial charge in [0.2, 0.25) is 0 Å². The van der Waals surface area contributed by atoms with Crippen LogP contribution < -0.4 is 10.5 Å². The highest BCUT2D eigenvalue weighted by Crippen LogP contribution is 2.31. The number of nitrogens with one attached hydrogen (secondary N) is 1. The molecule has 6 nitrogen and oxygen atoms in total. The van der Waals surface area contributed by atoms with Crippen molar-refractivity contribution >= 4 is 28.6 Å². The molecule has 1 aromatic heterocycles. The molecule has 0 spiro atoms. The fourth-order valence-corrected chi connectivity index (χ4v) is 3.47. The average Bonchev–Trinajstić information content (AvgIpc) is 3.04. The molecule has 0 amide bonds. The number of hydrogen-bond acceptors (Lipinski definition) is 6. The second kappa shape index (κ2) is 8.79. The minimum Gasteiger partial charge on any atom is -0.490 e. The summed E-state index contributed by atoms with van der Waals surface area (Å²) >= 11 is 1.65. The van der Waals surface area contributed by atoms with E-state index >= 15 is 0 Å². The lowest BCUT2D eigenvalue weighted by Crippen LogP contribution is -2.44. The summed E-state index contributed by atoms with van der Waals surface area (Å²) in [6.07, 6.45) is 1.88. The summed E-state index contributed by atoms with van der Waals surface area (Å²) in [7, 11) is 0. The summed E-state index contributed by atoms with van der Waals surface area (Å²) in [5, 5.41) is 11.2. The smallest absolute Gasteiger partial charge is 0.354 e. The third-order valence-corrected chi connectivity index (χ3v) is 6.09. The second-order valence-electron chi connectivity index (χ2n) is 6.60. The van der Waals surface area contributed by atoms with E-state index in [1.54, 1.807) is 24.8 Å². The van der Waals surface area contributed by atoms with Crippen LogP contribution in [0.3, 0.4) is 0 Å². The molecular weight excluding hydrogens is 352 g/mol. The molecular formula is C19H28N2O4S. The van der Waals surface area contributed by atoms with E-state index in [1.165, 1.54) is 0 Å². The van der Waals surface area contributed by atoms with Crippen LogP contribution in [0, 0.1) is 0 Å². The van der Waals surface area contributed by atoms with E-state index in [9.17, 15) is 9.90 Å². The zero-order valence-corrected chi connectivity index (χ0v) is 16.6. The van der Waals surface area contributed by atoms with Crippen molar-refractivity contribution in [3.63, 3.8) is 0 Å². The van der Waals surface area contributed by atoms with Crippen LogP contribution in [0.5, 0.6) is 5.75 Å². The lowest BCUT2D eigenvalue weighted by atomic mass is 9.96. The van der Waals surface area contributed by atoms with Crippen molar-refractivity contribution in [3.05, 3.63) is 30.0 Å². The number of aromatic amines is 1. The van der Waals surface area contributed by atoms with E-state index in [4.69, 9.17) is 15.2 Å². The maximum atomic E-state index is 11.9. The number of H-pyrrole nitrogens is 1. The standard InChI is InChI=1S/C19H28N2O4S/c1-5-24-18(23)16-9-14-15(21-16)7-6-8-17(14)25-11-13(22)10-19(3,26-4)12(2)20/h6-9,12-13,21-22H,5,10-11,20H2,1-4H3. The third-order valence-electron chi connectivity index (χ3n) is 4.62. The van der Waals surface area contributed by atoms with Gasteiger partial charge in [0.25, 0.3) is 0 Å². The number of aliphatic hydroxyl groups excluding tert-OH is 1. The molecule has 144 valence electrons. The van der Waals surface area contributed by atoms with Gasteiger partial charge in [-0.15, -0.1) is 0 Å². The molecule has 3 atom stereocenters. The first-order valence-corrected chi connectivity index (χ1v) is 9.93. The van der Waals surface area contributed by atoms with E-state index in [2.05, 4.69) is 4.98 Å². The summed E-state index contributed by atoms with van der Waals surface area (Å²) in [6.45, 7) is 6.23. The normalized spacial score (nSPS) is 16.1. The van der Waals surface area contributed by atoms with Crippen molar-refractivity contribution in [2.45, 2.75) is 44.1 Å². The van der Waals surface area contributed by atoms with Crippen molar-refractivity contribution in [2.24, 2.45) is 5.73 Å². The van der Waals surface area contributed by atoms with Crippen LogP contribution >= 0.6 is 11.8 Å². The van der Waals surface area contributed by atoms with Crippen molar-refractivity contribution in [1.29, 1.82) is 0 Å². The number of aromatic nitrogens is 1. The molecule has 3 unspecified atom stereocenters.